The zero-order valence-corrected chi connectivity index (χ0v) is 15.7. The molecular formula is C18H23ClN4S. The SMILES string of the molecule is CN=C(NCCc1csc(C)n1)NCC1(c2ccc(Cl)cc2)CC1. The summed E-state index contributed by atoms with van der Waals surface area (Å²) in [5.41, 5.74) is 2.72. The van der Waals surface area contributed by atoms with E-state index in [2.05, 4.69) is 38.1 Å². The summed E-state index contributed by atoms with van der Waals surface area (Å²) in [7, 11) is 1.81. The largest absolute Gasteiger partial charge is 0.356 e. The molecule has 1 aliphatic rings. The minimum atomic E-state index is 0.230. The summed E-state index contributed by atoms with van der Waals surface area (Å²) in [5, 5.41) is 10.9. The van der Waals surface area contributed by atoms with E-state index in [1.54, 1.807) is 11.3 Å². The number of nitrogens with one attached hydrogen (secondary N) is 2. The van der Waals surface area contributed by atoms with Gasteiger partial charge in [0.25, 0.3) is 0 Å². The van der Waals surface area contributed by atoms with Crippen molar-refractivity contribution in [3.63, 3.8) is 0 Å². The van der Waals surface area contributed by atoms with Crippen molar-refractivity contribution in [2.75, 3.05) is 20.1 Å². The molecule has 1 aromatic carbocycles. The molecule has 1 saturated carbocycles. The monoisotopic (exact) mass is 362 g/mol. The molecule has 1 aliphatic carbocycles. The number of aryl methyl sites for hydroxylation is 1. The van der Waals surface area contributed by atoms with E-state index in [1.807, 2.05) is 26.1 Å². The van der Waals surface area contributed by atoms with Crippen LogP contribution in [-0.4, -0.2) is 31.1 Å². The molecule has 0 bridgehead atoms. The van der Waals surface area contributed by atoms with Crippen LogP contribution in [0, 0.1) is 6.92 Å². The molecule has 0 amide bonds. The van der Waals surface area contributed by atoms with E-state index in [-0.39, 0.29) is 5.41 Å². The highest BCUT2D eigenvalue weighted by atomic mass is 35.5. The van der Waals surface area contributed by atoms with Gasteiger partial charge in [-0.05, 0) is 37.5 Å². The Bertz CT molecular complexity index is 704. The number of halogens is 1. The zero-order chi connectivity index (χ0) is 17.0. The minimum absolute atomic E-state index is 0.230. The molecule has 1 fully saturated rings. The van der Waals surface area contributed by atoms with Gasteiger partial charge in [-0.25, -0.2) is 4.98 Å². The summed E-state index contributed by atoms with van der Waals surface area (Å²) in [6.45, 7) is 3.76. The molecule has 128 valence electrons. The maximum Gasteiger partial charge on any atom is 0.191 e. The summed E-state index contributed by atoms with van der Waals surface area (Å²) < 4.78 is 0. The third-order valence-electron chi connectivity index (χ3n) is 4.47. The Kier molecular flexibility index (Phi) is 5.41. The molecule has 24 heavy (non-hydrogen) atoms. The van der Waals surface area contributed by atoms with Crippen LogP contribution in [0.1, 0.15) is 29.1 Å². The van der Waals surface area contributed by atoms with E-state index in [9.17, 15) is 0 Å². The zero-order valence-electron chi connectivity index (χ0n) is 14.1. The Balaban J connectivity index is 1.48. The highest BCUT2D eigenvalue weighted by Crippen LogP contribution is 2.47. The number of thiazole rings is 1. The van der Waals surface area contributed by atoms with E-state index in [4.69, 9.17) is 11.6 Å². The Hall–Kier alpha value is -1.59. The van der Waals surface area contributed by atoms with Crippen LogP contribution in [0.5, 0.6) is 0 Å². The molecule has 0 spiro atoms. The van der Waals surface area contributed by atoms with Gasteiger partial charge in [-0.15, -0.1) is 11.3 Å². The Morgan fingerprint density at radius 3 is 2.62 bits per heavy atom. The second-order valence-electron chi connectivity index (χ2n) is 6.25. The summed E-state index contributed by atoms with van der Waals surface area (Å²) in [5.74, 6) is 0.849. The van der Waals surface area contributed by atoms with Gasteiger partial charge in [0.05, 0.1) is 10.7 Å². The van der Waals surface area contributed by atoms with E-state index in [1.165, 1.54) is 18.4 Å². The molecule has 3 rings (SSSR count). The molecule has 0 atom stereocenters. The average Bonchev–Trinajstić information content (AvgIpc) is 3.26. The minimum Gasteiger partial charge on any atom is -0.356 e. The van der Waals surface area contributed by atoms with Gasteiger partial charge in [-0.2, -0.15) is 0 Å². The van der Waals surface area contributed by atoms with Gasteiger partial charge in [0.2, 0.25) is 0 Å². The van der Waals surface area contributed by atoms with Gasteiger partial charge >= 0.3 is 0 Å². The summed E-state index contributed by atoms with van der Waals surface area (Å²) >= 11 is 7.69. The lowest BCUT2D eigenvalue weighted by Crippen LogP contribution is -2.42. The molecular weight excluding hydrogens is 340 g/mol. The van der Waals surface area contributed by atoms with E-state index >= 15 is 0 Å². The van der Waals surface area contributed by atoms with Gasteiger partial charge in [-0.3, -0.25) is 4.99 Å². The van der Waals surface area contributed by atoms with Gasteiger partial charge in [0, 0.05) is 42.4 Å². The lowest BCUT2D eigenvalue weighted by Gasteiger charge is -2.19. The number of rotatable bonds is 6. The maximum atomic E-state index is 5.99. The van der Waals surface area contributed by atoms with Crippen LogP contribution >= 0.6 is 22.9 Å². The first-order valence-corrected chi connectivity index (χ1v) is 9.49. The molecule has 1 heterocycles. The number of hydrogen-bond donors (Lipinski definition) is 2. The Morgan fingerprint density at radius 1 is 1.29 bits per heavy atom. The van der Waals surface area contributed by atoms with Crippen molar-refractivity contribution in [3.05, 3.63) is 50.9 Å². The lowest BCUT2D eigenvalue weighted by atomic mass is 9.96. The standard InChI is InChI=1S/C18H23ClN4S/c1-13-23-16(11-24-13)7-10-21-17(20-2)22-12-18(8-9-18)14-3-5-15(19)6-4-14/h3-6,11H,7-10,12H2,1-2H3,(H2,20,21,22). The first-order chi connectivity index (χ1) is 11.6. The van der Waals surface area contributed by atoms with Crippen LogP contribution in [0.15, 0.2) is 34.6 Å². The molecule has 0 unspecified atom stereocenters. The molecule has 0 radical (unpaired) electrons. The van der Waals surface area contributed by atoms with Gasteiger partial charge < -0.3 is 10.6 Å². The van der Waals surface area contributed by atoms with Crippen molar-refractivity contribution in [1.29, 1.82) is 0 Å². The molecule has 2 aromatic rings. The Morgan fingerprint density at radius 2 is 2.04 bits per heavy atom. The van der Waals surface area contributed by atoms with Crippen molar-refractivity contribution in [1.82, 2.24) is 15.6 Å². The molecule has 0 saturated heterocycles. The van der Waals surface area contributed by atoms with Gasteiger partial charge in [0.15, 0.2) is 5.96 Å². The topological polar surface area (TPSA) is 49.3 Å². The van der Waals surface area contributed by atoms with E-state index < -0.39 is 0 Å². The number of aliphatic imine (C=N–C) groups is 1. The number of hydrogen-bond acceptors (Lipinski definition) is 3. The van der Waals surface area contributed by atoms with Crippen LogP contribution in [0.3, 0.4) is 0 Å². The fourth-order valence-electron chi connectivity index (χ4n) is 2.83. The van der Waals surface area contributed by atoms with Crippen LogP contribution in [-0.2, 0) is 11.8 Å². The molecule has 1 aromatic heterocycles. The van der Waals surface area contributed by atoms with Crippen molar-refractivity contribution in [2.24, 2.45) is 4.99 Å². The molecule has 0 aliphatic heterocycles. The van der Waals surface area contributed by atoms with Crippen molar-refractivity contribution in [2.45, 2.75) is 31.6 Å². The third-order valence-corrected chi connectivity index (χ3v) is 5.54. The molecule has 4 nitrogen and oxygen atoms in total. The summed E-state index contributed by atoms with van der Waals surface area (Å²) in [6.07, 6.45) is 3.32. The van der Waals surface area contributed by atoms with Crippen LogP contribution in [0.2, 0.25) is 5.02 Å². The molecule has 6 heteroatoms. The second-order valence-corrected chi connectivity index (χ2v) is 7.75. The van der Waals surface area contributed by atoms with Crippen LogP contribution < -0.4 is 10.6 Å². The maximum absolute atomic E-state index is 5.99. The second kappa shape index (κ2) is 7.53. The molecule has 2 N–H and O–H groups in total. The smallest absolute Gasteiger partial charge is 0.191 e. The predicted molar refractivity (Wildman–Crippen MR) is 102 cm³/mol. The van der Waals surface area contributed by atoms with Gasteiger partial charge in [-0.1, -0.05) is 23.7 Å². The first kappa shape index (κ1) is 17.2. The first-order valence-electron chi connectivity index (χ1n) is 8.23. The predicted octanol–water partition coefficient (Wildman–Crippen LogP) is 3.54. The lowest BCUT2D eigenvalue weighted by molar-refractivity contribution is 0.645. The van der Waals surface area contributed by atoms with Crippen LogP contribution in [0.25, 0.3) is 0 Å². The van der Waals surface area contributed by atoms with Crippen molar-refractivity contribution >= 4 is 28.9 Å². The fraction of sp³-hybridized carbons (Fsp3) is 0.444. The van der Waals surface area contributed by atoms with Crippen LogP contribution in [0.4, 0.5) is 0 Å². The fourth-order valence-corrected chi connectivity index (χ4v) is 3.60. The van der Waals surface area contributed by atoms with E-state index in [0.717, 1.165) is 41.2 Å². The Labute approximate surface area is 152 Å². The number of nitrogens with zero attached hydrogens (tertiary/aromatic N) is 2. The summed E-state index contributed by atoms with van der Waals surface area (Å²) in [6, 6.07) is 8.22. The third kappa shape index (κ3) is 4.28. The number of guanidine groups is 1. The highest BCUT2D eigenvalue weighted by molar-refractivity contribution is 7.09. The summed E-state index contributed by atoms with van der Waals surface area (Å²) in [4.78, 5) is 8.80. The number of aromatic nitrogens is 1. The van der Waals surface area contributed by atoms with E-state index in [0.29, 0.717) is 0 Å². The normalized spacial score (nSPS) is 16.0. The number of benzene rings is 1. The van der Waals surface area contributed by atoms with Crippen molar-refractivity contribution in [3.8, 4) is 0 Å². The highest BCUT2D eigenvalue weighted by Gasteiger charge is 2.44. The van der Waals surface area contributed by atoms with Gasteiger partial charge in [0.1, 0.15) is 0 Å². The average molecular weight is 363 g/mol. The quantitative estimate of drug-likeness (QED) is 0.610. The van der Waals surface area contributed by atoms with Crippen molar-refractivity contribution < 1.29 is 0 Å².